The number of hydrogen-bond donors (Lipinski definition) is 0. The highest BCUT2D eigenvalue weighted by atomic mass is 16.1. The fourth-order valence-corrected chi connectivity index (χ4v) is 1.76. The van der Waals surface area contributed by atoms with Crippen molar-refractivity contribution in [2.24, 2.45) is 0 Å². The number of carbonyl (C=O) groups is 1. The predicted molar refractivity (Wildman–Crippen MR) is 66.6 cm³/mol. The van der Waals surface area contributed by atoms with Gasteiger partial charge in [-0.1, -0.05) is 48.5 Å². The van der Waals surface area contributed by atoms with Gasteiger partial charge in [0, 0.05) is 5.56 Å². The van der Waals surface area contributed by atoms with E-state index >= 15 is 0 Å². The summed E-state index contributed by atoms with van der Waals surface area (Å²) in [4.78, 5) is 10.9. The molecule has 0 aliphatic carbocycles. The first kappa shape index (κ1) is 11.1. The lowest BCUT2D eigenvalue weighted by molar-refractivity contribution is 0.112. The fourth-order valence-electron chi connectivity index (χ4n) is 1.76. The monoisotopic (exact) mass is 221 g/mol. The number of nitrogens with zero attached hydrogens (tertiary/aromatic N) is 1. The molecule has 2 nitrogen and oxygen atoms in total. The van der Waals surface area contributed by atoms with Crippen molar-refractivity contribution < 1.29 is 4.79 Å². The Bertz CT molecular complexity index is 564. The number of rotatable bonds is 3. The van der Waals surface area contributed by atoms with E-state index in [2.05, 4.69) is 6.07 Å². The first-order valence-corrected chi connectivity index (χ1v) is 5.35. The van der Waals surface area contributed by atoms with Gasteiger partial charge in [-0.15, -0.1) is 0 Å². The van der Waals surface area contributed by atoms with Crippen LogP contribution in [0.3, 0.4) is 0 Å². The summed E-state index contributed by atoms with van der Waals surface area (Å²) in [5, 5.41) is 8.59. The Labute approximate surface area is 100 Å². The summed E-state index contributed by atoms with van der Waals surface area (Å²) in [6.45, 7) is 0. The molecule has 0 saturated carbocycles. The van der Waals surface area contributed by atoms with Crippen molar-refractivity contribution in [2.75, 3.05) is 0 Å². The molecule has 0 amide bonds. The van der Waals surface area contributed by atoms with Gasteiger partial charge in [0.25, 0.3) is 0 Å². The zero-order valence-electron chi connectivity index (χ0n) is 9.26. The molecular formula is C15H11NO. The Morgan fingerprint density at radius 3 is 2.41 bits per heavy atom. The third-order valence-electron chi connectivity index (χ3n) is 2.64. The van der Waals surface area contributed by atoms with Crippen LogP contribution in [-0.4, -0.2) is 6.29 Å². The van der Waals surface area contributed by atoms with E-state index in [0.717, 1.165) is 23.0 Å². The van der Waals surface area contributed by atoms with Gasteiger partial charge in [-0.05, 0) is 16.7 Å². The molecule has 0 saturated heterocycles. The lowest BCUT2D eigenvalue weighted by atomic mass is 9.99. The third kappa shape index (κ3) is 2.40. The first-order chi connectivity index (χ1) is 8.35. The minimum Gasteiger partial charge on any atom is -0.298 e. The Balaban J connectivity index is 2.40. The quantitative estimate of drug-likeness (QED) is 0.746. The molecule has 2 heteroatoms. The summed E-state index contributed by atoms with van der Waals surface area (Å²) >= 11 is 0. The Morgan fingerprint density at radius 1 is 1.06 bits per heavy atom. The molecule has 0 unspecified atom stereocenters. The van der Waals surface area contributed by atoms with Crippen LogP contribution in [0.4, 0.5) is 0 Å². The molecule has 0 aliphatic rings. The third-order valence-corrected chi connectivity index (χ3v) is 2.64. The highest BCUT2D eigenvalue weighted by Crippen LogP contribution is 2.22. The van der Waals surface area contributed by atoms with Crippen LogP contribution in [0.25, 0.3) is 11.1 Å². The normalized spacial score (nSPS) is 9.59. The maximum Gasteiger partial charge on any atom is 0.150 e. The maximum absolute atomic E-state index is 10.9. The average Bonchev–Trinajstić information content (AvgIpc) is 2.40. The first-order valence-electron chi connectivity index (χ1n) is 5.35. The molecule has 0 aliphatic heterocycles. The molecule has 2 aromatic carbocycles. The Morgan fingerprint density at radius 2 is 1.76 bits per heavy atom. The largest absolute Gasteiger partial charge is 0.298 e. The van der Waals surface area contributed by atoms with Crippen LogP contribution >= 0.6 is 0 Å². The van der Waals surface area contributed by atoms with E-state index in [0.29, 0.717) is 12.0 Å². The summed E-state index contributed by atoms with van der Waals surface area (Å²) < 4.78 is 0. The summed E-state index contributed by atoms with van der Waals surface area (Å²) in [6.07, 6.45) is 1.27. The van der Waals surface area contributed by atoms with Gasteiger partial charge in [0.05, 0.1) is 12.5 Å². The molecule has 0 radical (unpaired) electrons. The lowest BCUT2D eigenvalue weighted by Crippen LogP contribution is -1.87. The van der Waals surface area contributed by atoms with Gasteiger partial charge in [-0.25, -0.2) is 0 Å². The minimum absolute atomic E-state index is 0.412. The Kier molecular flexibility index (Phi) is 3.32. The smallest absolute Gasteiger partial charge is 0.150 e. The Hall–Kier alpha value is -2.40. The van der Waals surface area contributed by atoms with E-state index in [1.807, 2.05) is 42.5 Å². The fraction of sp³-hybridized carbons (Fsp3) is 0.0667. The molecule has 2 aromatic rings. The second-order valence-corrected chi connectivity index (χ2v) is 3.74. The van der Waals surface area contributed by atoms with Gasteiger partial charge in [0.2, 0.25) is 0 Å². The van der Waals surface area contributed by atoms with E-state index in [9.17, 15) is 4.79 Å². The van der Waals surface area contributed by atoms with Crippen molar-refractivity contribution >= 4 is 6.29 Å². The van der Waals surface area contributed by atoms with Gasteiger partial charge >= 0.3 is 0 Å². The molecule has 17 heavy (non-hydrogen) atoms. The number of hydrogen-bond acceptors (Lipinski definition) is 2. The van der Waals surface area contributed by atoms with E-state index < -0.39 is 0 Å². The van der Waals surface area contributed by atoms with Gasteiger partial charge in [-0.2, -0.15) is 5.26 Å². The summed E-state index contributed by atoms with van der Waals surface area (Å²) in [5.74, 6) is 0. The number of aldehydes is 1. The highest BCUT2D eigenvalue weighted by molar-refractivity contribution is 5.87. The van der Waals surface area contributed by atoms with E-state index in [1.165, 1.54) is 0 Å². The molecule has 0 N–H and O–H groups in total. The summed E-state index contributed by atoms with van der Waals surface area (Å²) in [6, 6.07) is 17.3. The van der Waals surface area contributed by atoms with E-state index in [-0.39, 0.29) is 0 Å². The van der Waals surface area contributed by atoms with Crippen LogP contribution in [0.2, 0.25) is 0 Å². The van der Waals surface area contributed by atoms with Gasteiger partial charge in [0.15, 0.2) is 6.29 Å². The van der Waals surface area contributed by atoms with Crippen LogP contribution in [0.15, 0.2) is 48.5 Å². The topological polar surface area (TPSA) is 40.9 Å². The van der Waals surface area contributed by atoms with Crippen molar-refractivity contribution in [2.45, 2.75) is 6.42 Å². The minimum atomic E-state index is 0.412. The lowest BCUT2D eigenvalue weighted by Gasteiger charge is -2.05. The molecule has 0 atom stereocenters. The highest BCUT2D eigenvalue weighted by Gasteiger charge is 2.03. The molecule has 2 rings (SSSR count). The zero-order chi connectivity index (χ0) is 12.1. The molecule has 0 bridgehead atoms. The number of carbonyl (C=O) groups excluding carboxylic acids is 1. The SMILES string of the molecule is N#CCc1ccc(-c2ccccc2C=O)cc1. The standard InChI is InChI=1S/C15H11NO/c16-10-9-12-5-7-13(8-6-12)15-4-2-1-3-14(15)11-17/h1-8,11H,9H2. The summed E-state index contributed by atoms with van der Waals surface area (Å²) in [5.41, 5.74) is 3.58. The molecule has 82 valence electrons. The van der Waals surface area contributed by atoms with Crippen molar-refractivity contribution in [1.29, 1.82) is 5.26 Å². The van der Waals surface area contributed by atoms with Crippen molar-refractivity contribution in [3.63, 3.8) is 0 Å². The molecule has 0 fully saturated rings. The maximum atomic E-state index is 10.9. The summed E-state index contributed by atoms with van der Waals surface area (Å²) in [7, 11) is 0. The van der Waals surface area contributed by atoms with Gasteiger partial charge < -0.3 is 0 Å². The van der Waals surface area contributed by atoms with Crippen LogP contribution < -0.4 is 0 Å². The van der Waals surface area contributed by atoms with Gasteiger partial charge in [-0.3, -0.25) is 4.79 Å². The van der Waals surface area contributed by atoms with Crippen molar-refractivity contribution in [3.05, 3.63) is 59.7 Å². The number of nitriles is 1. The predicted octanol–water partition coefficient (Wildman–Crippen LogP) is 3.23. The van der Waals surface area contributed by atoms with Crippen LogP contribution in [0, 0.1) is 11.3 Å². The molecule has 0 heterocycles. The second-order valence-electron chi connectivity index (χ2n) is 3.74. The van der Waals surface area contributed by atoms with E-state index in [4.69, 9.17) is 5.26 Å². The van der Waals surface area contributed by atoms with Gasteiger partial charge in [0.1, 0.15) is 0 Å². The zero-order valence-corrected chi connectivity index (χ0v) is 9.26. The van der Waals surface area contributed by atoms with Crippen LogP contribution in [0.5, 0.6) is 0 Å². The van der Waals surface area contributed by atoms with E-state index in [1.54, 1.807) is 6.07 Å². The molecular weight excluding hydrogens is 210 g/mol. The van der Waals surface area contributed by atoms with Crippen LogP contribution in [-0.2, 0) is 6.42 Å². The molecule has 0 spiro atoms. The van der Waals surface area contributed by atoms with Crippen molar-refractivity contribution in [3.8, 4) is 17.2 Å². The average molecular weight is 221 g/mol. The number of benzene rings is 2. The van der Waals surface area contributed by atoms with Crippen molar-refractivity contribution in [1.82, 2.24) is 0 Å². The molecule has 0 aromatic heterocycles. The van der Waals surface area contributed by atoms with Crippen LogP contribution in [0.1, 0.15) is 15.9 Å². The second kappa shape index (κ2) is 5.09.